The van der Waals surface area contributed by atoms with Gasteiger partial charge in [0.1, 0.15) is 0 Å². The zero-order chi connectivity index (χ0) is 12.8. The maximum absolute atomic E-state index is 4.58. The maximum atomic E-state index is 4.58. The van der Waals surface area contributed by atoms with Gasteiger partial charge in [-0.25, -0.2) is 9.50 Å². The van der Waals surface area contributed by atoms with E-state index in [1.807, 2.05) is 30.2 Å². The quantitative estimate of drug-likeness (QED) is 0.790. The van der Waals surface area contributed by atoms with Gasteiger partial charge in [-0.05, 0) is 18.8 Å². The summed E-state index contributed by atoms with van der Waals surface area (Å²) >= 11 is 1.59. The van der Waals surface area contributed by atoms with Crippen molar-refractivity contribution in [1.82, 2.24) is 24.4 Å². The lowest BCUT2D eigenvalue weighted by Crippen LogP contribution is -2.03. The molecule has 3 heterocycles. The van der Waals surface area contributed by atoms with Gasteiger partial charge in [0, 0.05) is 25.4 Å². The van der Waals surface area contributed by atoms with Gasteiger partial charge in [0.05, 0.1) is 18.1 Å². The van der Waals surface area contributed by atoms with E-state index in [1.165, 1.54) is 12.8 Å². The topological polar surface area (TPSA) is 60.0 Å². The van der Waals surface area contributed by atoms with Crippen LogP contribution in [0.3, 0.4) is 0 Å². The molecule has 1 N–H and O–H groups in total. The van der Waals surface area contributed by atoms with Crippen molar-refractivity contribution in [3.8, 4) is 11.3 Å². The Bertz CT molecular complexity index is 720. The number of aromatic nitrogens is 5. The van der Waals surface area contributed by atoms with Crippen LogP contribution in [0.4, 0.5) is 5.13 Å². The summed E-state index contributed by atoms with van der Waals surface area (Å²) in [7, 11) is 1.91. The first-order valence-corrected chi connectivity index (χ1v) is 7.19. The Hall–Kier alpha value is -1.89. The van der Waals surface area contributed by atoms with Crippen LogP contribution < -0.4 is 5.32 Å². The SMILES string of the molecule is Cn1cc(-c2cnc3sc(NCC4CC4)nn23)cn1. The molecular formula is C12H14N6S. The molecule has 1 aliphatic carbocycles. The Morgan fingerprint density at radius 3 is 3.05 bits per heavy atom. The highest BCUT2D eigenvalue weighted by molar-refractivity contribution is 7.20. The van der Waals surface area contributed by atoms with E-state index < -0.39 is 0 Å². The molecule has 0 spiro atoms. The number of hydrogen-bond acceptors (Lipinski definition) is 5. The number of nitrogens with one attached hydrogen (secondary N) is 1. The van der Waals surface area contributed by atoms with E-state index in [1.54, 1.807) is 16.0 Å². The molecule has 0 atom stereocenters. The van der Waals surface area contributed by atoms with Gasteiger partial charge in [-0.1, -0.05) is 11.3 Å². The number of aryl methyl sites for hydroxylation is 1. The highest BCUT2D eigenvalue weighted by Crippen LogP contribution is 2.30. The Morgan fingerprint density at radius 1 is 1.42 bits per heavy atom. The van der Waals surface area contributed by atoms with Gasteiger partial charge in [-0.2, -0.15) is 5.10 Å². The molecule has 3 aromatic heterocycles. The van der Waals surface area contributed by atoms with Gasteiger partial charge in [0.2, 0.25) is 10.1 Å². The van der Waals surface area contributed by atoms with Crippen molar-refractivity contribution in [3.63, 3.8) is 0 Å². The molecule has 1 fully saturated rings. The van der Waals surface area contributed by atoms with Crippen molar-refractivity contribution in [2.24, 2.45) is 13.0 Å². The molecule has 0 radical (unpaired) electrons. The number of hydrogen-bond donors (Lipinski definition) is 1. The summed E-state index contributed by atoms with van der Waals surface area (Å²) in [6.07, 6.45) is 8.34. The van der Waals surface area contributed by atoms with Gasteiger partial charge in [0.25, 0.3) is 0 Å². The fraction of sp³-hybridized carbons (Fsp3) is 0.417. The molecule has 1 saturated carbocycles. The predicted octanol–water partition coefficient (Wildman–Crippen LogP) is 2.01. The molecule has 0 saturated heterocycles. The number of anilines is 1. The highest BCUT2D eigenvalue weighted by Gasteiger charge is 2.21. The second-order valence-electron chi connectivity index (χ2n) is 4.97. The number of nitrogens with zero attached hydrogens (tertiary/aromatic N) is 5. The number of rotatable bonds is 4. The molecule has 19 heavy (non-hydrogen) atoms. The highest BCUT2D eigenvalue weighted by atomic mass is 32.1. The van der Waals surface area contributed by atoms with Gasteiger partial charge >= 0.3 is 0 Å². The molecule has 98 valence electrons. The molecule has 4 rings (SSSR count). The average molecular weight is 274 g/mol. The fourth-order valence-corrected chi connectivity index (χ4v) is 2.85. The fourth-order valence-electron chi connectivity index (χ4n) is 2.07. The molecule has 0 amide bonds. The Kier molecular flexibility index (Phi) is 2.34. The molecule has 6 nitrogen and oxygen atoms in total. The third-order valence-corrected chi connectivity index (χ3v) is 4.21. The molecule has 7 heteroatoms. The minimum Gasteiger partial charge on any atom is -0.360 e. The van der Waals surface area contributed by atoms with E-state index in [9.17, 15) is 0 Å². The zero-order valence-electron chi connectivity index (χ0n) is 10.6. The van der Waals surface area contributed by atoms with E-state index in [0.29, 0.717) is 0 Å². The molecule has 0 aliphatic heterocycles. The Balaban J connectivity index is 1.67. The predicted molar refractivity (Wildman–Crippen MR) is 74.3 cm³/mol. The Labute approximate surface area is 114 Å². The van der Waals surface area contributed by atoms with Crippen LogP contribution in [0.1, 0.15) is 12.8 Å². The van der Waals surface area contributed by atoms with E-state index in [0.717, 1.165) is 33.8 Å². The van der Waals surface area contributed by atoms with Gasteiger partial charge < -0.3 is 5.32 Å². The maximum Gasteiger partial charge on any atom is 0.214 e. The average Bonchev–Trinajstić information content (AvgIpc) is 2.80. The summed E-state index contributed by atoms with van der Waals surface area (Å²) in [4.78, 5) is 5.32. The third kappa shape index (κ3) is 1.99. The first-order chi connectivity index (χ1) is 9.29. The second kappa shape index (κ2) is 4.06. The first-order valence-electron chi connectivity index (χ1n) is 6.37. The largest absolute Gasteiger partial charge is 0.360 e. The van der Waals surface area contributed by atoms with Crippen molar-refractivity contribution in [2.45, 2.75) is 12.8 Å². The van der Waals surface area contributed by atoms with Crippen molar-refractivity contribution in [1.29, 1.82) is 0 Å². The van der Waals surface area contributed by atoms with Crippen LogP contribution >= 0.6 is 11.3 Å². The van der Waals surface area contributed by atoms with Crippen molar-refractivity contribution in [2.75, 3.05) is 11.9 Å². The molecule has 0 unspecified atom stereocenters. The monoisotopic (exact) mass is 274 g/mol. The smallest absolute Gasteiger partial charge is 0.214 e. The van der Waals surface area contributed by atoms with E-state index >= 15 is 0 Å². The molecular weight excluding hydrogens is 260 g/mol. The van der Waals surface area contributed by atoms with Crippen LogP contribution in [-0.4, -0.2) is 30.9 Å². The van der Waals surface area contributed by atoms with Crippen molar-refractivity contribution in [3.05, 3.63) is 18.6 Å². The lowest BCUT2D eigenvalue weighted by molar-refractivity contribution is 0.768. The second-order valence-corrected chi connectivity index (χ2v) is 5.93. The summed E-state index contributed by atoms with van der Waals surface area (Å²) in [5.41, 5.74) is 2.02. The Morgan fingerprint density at radius 2 is 2.32 bits per heavy atom. The van der Waals surface area contributed by atoms with E-state index in [4.69, 9.17) is 0 Å². The zero-order valence-corrected chi connectivity index (χ0v) is 11.4. The minimum absolute atomic E-state index is 0.842. The van der Waals surface area contributed by atoms with E-state index in [-0.39, 0.29) is 0 Å². The van der Waals surface area contributed by atoms with Gasteiger partial charge in [0.15, 0.2) is 0 Å². The molecule has 1 aliphatic rings. The summed E-state index contributed by atoms with van der Waals surface area (Å²) in [6, 6.07) is 0. The number of fused-ring (bicyclic) bond motifs is 1. The van der Waals surface area contributed by atoms with Crippen LogP contribution in [0.25, 0.3) is 16.2 Å². The van der Waals surface area contributed by atoms with Crippen LogP contribution in [0.2, 0.25) is 0 Å². The van der Waals surface area contributed by atoms with Crippen LogP contribution in [0.15, 0.2) is 18.6 Å². The summed E-state index contributed by atoms with van der Waals surface area (Å²) in [5, 5.41) is 13.1. The number of imidazole rings is 1. The van der Waals surface area contributed by atoms with Crippen LogP contribution in [-0.2, 0) is 7.05 Å². The van der Waals surface area contributed by atoms with Crippen LogP contribution in [0.5, 0.6) is 0 Å². The normalized spacial score (nSPS) is 15.2. The lowest BCUT2D eigenvalue weighted by atomic mass is 10.3. The first kappa shape index (κ1) is 11.0. The van der Waals surface area contributed by atoms with Crippen molar-refractivity contribution >= 4 is 21.4 Å². The van der Waals surface area contributed by atoms with Crippen LogP contribution in [0, 0.1) is 5.92 Å². The van der Waals surface area contributed by atoms with Gasteiger partial charge in [-0.3, -0.25) is 4.68 Å². The van der Waals surface area contributed by atoms with E-state index in [2.05, 4.69) is 20.5 Å². The third-order valence-electron chi connectivity index (χ3n) is 3.32. The lowest BCUT2D eigenvalue weighted by Gasteiger charge is -1.98. The van der Waals surface area contributed by atoms with Gasteiger partial charge in [-0.15, -0.1) is 5.10 Å². The summed E-state index contributed by atoms with van der Waals surface area (Å²) in [6.45, 7) is 1.03. The summed E-state index contributed by atoms with van der Waals surface area (Å²) in [5.74, 6) is 0.842. The molecule has 0 bridgehead atoms. The van der Waals surface area contributed by atoms with Crippen molar-refractivity contribution < 1.29 is 0 Å². The molecule has 0 aromatic carbocycles. The minimum atomic E-state index is 0.842. The standard InChI is InChI=1S/C12H14N6S/c1-17-7-9(5-15-17)10-6-14-12-18(10)16-11(19-12)13-4-8-2-3-8/h5-8H,2-4H2,1H3,(H,13,16). The molecule has 3 aromatic rings. The summed E-state index contributed by atoms with van der Waals surface area (Å²) < 4.78 is 3.67.